The number of nitrogens with zero attached hydrogens (tertiary/aromatic N) is 1. The average Bonchev–Trinajstić information content (AvgIpc) is 2.35. The highest BCUT2D eigenvalue weighted by atomic mass is 16.5. The summed E-state index contributed by atoms with van der Waals surface area (Å²) in [5.74, 6) is 0. The topological polar surface area (TPSA) is 24.5 Å². The summed E-state index contributed by atoms with van der Waals surface area (Å²) in [5, 5.41) is 3.45. The number of hydrogen-bond acceptors (Lipinski definition) is 3. The van der Waals surface area contributed by atoms with Crippen LogP contribution in [0, 0.1) is 0 Å². The van der Waals surface area contributed by atoms with Crippen LogP contribution in [0.3, 0.4) is 0 Å². The fourth-order valence-electron chi connectivity index (χ4n) is 1.83. The van der Waals surface area contributed by atoms with Gasteiger partial charge in [0.1, 0.15) is 0 Å². The van der Waals surface area contributed by atoms with Crippen LogP contribution in [0.5, 0.6) is 0 Å². The highest BCUT2D eigenvalue weighted by Gasteiger charge is 2.01. The number of likely N-dealkylation sites (N-methyl/N-ethyl adjacent to an activating group) is 1. The lowest BCUT2D eigenvalue weighted by Crippen LogP contribution is -2.28. The molecule has 0 heterocycles. The molecule has 3 heteroatoms. The fraction of sp³-hybridized carbons (Fsp3) is 1.00. The van der Waals surface area contributed by atoms with E-state index >= 15 is 0 Å². The van der Waals surface area contributed by atoms with Crippen LogP contribution < -0.4 is 5.32 Å². The van der Waals surface area contributed by atoms with Crippen molar-refractivity contribution in [1.29, 1.82) is 0 Å². The van der Waals surface area contributed by atoms with Crippen molar-refractivity contribution in [3.63, 3.8) is 0 Å². The van der Waals surface area contributed by atoms with Crippen molar-refractivity contribution in [3.8, 4) is 0 Å². The third-order valence-corrected chi connectivity index (χ3v) is 2.96. The molecule has 3 nitrogen and oxygen atoms in total. The molecule has 0 saturated heterocycles. The minimum absolute atomic E-state index is 0.834. The number of nitrogens with one attached hydrogen (secondary N) is 1. The van der Waals surface area contributed by atoms with E-state index in [2.05, 4.69) is 31.0 Å². The molecule has 0 fully saturated rings. The lowest BCUT2D eigenvalue weighted by Gasteiger charge is -2.19. The molecule has 0 aromatic rings. The molecule has 0 atom stereocenters. The molecule has 17 heavy (non-hydrogen) atoms. The van der Waals surface area contributed by atoms with Gasteiger partial charge in [0, 0.05) is 13.2 Å². The second-order valence-electron chi connectivity index (χ2n) is 4.44. The van der Waals surface area contributed by atoms with Crippen LogP contribution in [0.2, 0.25) is 0 Å². The third kappa shape index (κ3) is 12.1. The maximum absolute atomic E-state index is 5.39. The lowest BCUT2D eigenvalue weighted by molar-refractivity contribution is 0.114. The summed E-state index contributed by atoms with van der Waals surface area (Å²) in [5.41, 5.74) is 0. The summed E-state index contributed by atoms with van der Waals surface area (Å²) in [6.07, 6.45) is 5.19. The molecular weight excluding hydrogens is 212 g/mol. The van der Waals surface area contributed by atoms with E-state index in [1.165, 1.54) is 38.8 Å². The van der Waals surface area contributed by atoms with Crippen molar-refractivity contribution in [2.24, 2.45) is 0 Å². The normalized spacial score (nSPS) is 11.3. The van der Waals surface area contributed by atoms with E-state index in [1.807, 2.05) is 0 Å². The first-order valence-electron chi connectivity index (χ1n) is 7.35. The van der Waals surface area contributed by atoms with E-state index in [4.69, 9.17) is 4.74 Å². The fourth-order valence-corrected chi connectivity index (χ4v) is 1.83. The van der Waals surface area contributed by atoms with Crippen LogP contribution in [0.25, 0.3) is 0 Å². The first-order valence-corrected chi connectivity index (χ1v) is 7.35. The molecule has 0 aromatic heterocycles. The van der Waals surface area contributed by atoms with Gasteiger partial charge in [0.25, 0.3) is 0 Å². The van der Waals surface area contributed by atoms with Crippen LogP contribution in [0.1, 0.15) is 46.5 Å². The molecule has 0 aliphatic carbocycles. The van der Waals surface area contributed by atoms with Crippen LogP contribution in [0.15, 0.2) is 0 Å². The van der Waals surface area contributed by atoms with Gasteiger partial charge in [-0.1, -0.05) is 20.3 Å². The Bertz CT molecular complexity index is 142. The molecule has 0 spiro atoms. The summed E-state index contributed by atoms with van der Waals surface area (Å²) < 4.78 is 5.39. The Kier molecular flexibility index (Phi) is 13.8. The Balaban J connectivity index is 3.25. The standard InChI is InChI=1S/C14H32N2O/c1-4-10-15-11-8-7-9-12-16(5-2)13-14-17-6-3/h15H,4-14H2,1-3H3. The minimum atomic E-state index is 0.834. The summed E-state index contributed by atoms with van der Waals surface area (Å²) >= 11 is 0. The highest BCUT2D eigenvalue weighted by molar-refractivity contribution is 4.56. The van der Waals surface area contributed by atoms with Crippen molar-refractivity contribution in [2.45, 2.75) is 46.5 Å². The second kappa shape index (κ2) is 13.9. The predicted molar refractivity (Wildman–Crippen MR) is 75.6 cm³/mol. The Labute approximate surface area is 108 Å². The van der Waals surface area contributed by atoms with Crippen molar-refractivity contribution < 1.29 is 4.74 Å². The van der Waals surface area contributed by atoms with E-state index in [-0.39, 0.29) is 0 Å². The first kappa shape index (κ1) is 16.9. The van der Waals surface area contributed by atoms with Crippen LogP contribution >= 0.6 is 0 Å². The van der Waals surface area contributed by atoms with E-state index in [0.29, 0.717) is 0 Å². The van der Waals surface area contributed by atoms with Gasteiger partial charge in [0.05, 0.1) is 6.61 Å². The van der Waals surface area contributed by atoms with Gasteiger partial charge in [0.15, 0.2) is 0 Å². The monoisotopic (exact) mass is 244 g/mol. The first-order chi connectivity index (χ1) is 8.35. The molecular formula is C14H32N2O. The lowest BCUT2D eigenvalue weighted by atomic mass is 10.2. The maximum Gasteiger partial charge on any atom is 0.0593 e. The molecule has 0 aliphatic rings. The van der Waals surface area contributed by atoms with Crippen molar-refractivity contribution in [1.82, 2.24) is 10.2 Å². The molecule has 104 valence electrons. The van der Waals surface area contributed by atoms with Crippen LogP contribution in [0.4, 0.5) is 0 Å². The molecule has 0 rings (SSSR count). The zero-order chi connectivity index (χ0) is 12.8. The summed E-state index contributed by atoms with van der Waals surface area (Å²) in [6.45, 7) is 14.0. The molecule has 0 saturated carbocycles. The quantitative estimate of drug-likeness (QED) is 0.504. The Morgan fingerprint density at radius 2 is 1.76 bits per heavy atom. The van der Waals surface area contributed by atoms with Gasteiger partial charge >= 0.3 is 0 Å². The van der Waals surface area contributed by atoms with Gasteiger partial charge < -0.3 is 15.0 Å². The van der Waals surface area contributed by atoms with Gasteiger partial charge in [0.2, 0.25) is 0 Å². The summed E-state index contributed by atoms with van der Waals surface area (Å²) in [6, 6.07) is 0. The largest absolute Gasteiger partial charge is 0.380 e. The second-order valence-corrected chi connectivity index (χ2v) is 4.44. The zero-order valence-electron chi connectivity index (χ0n) is 12.1. The smallest absolute Gasteiger partial charge is 0.0593 e. The summed E-state index contributed by atoms with van der Waals surface area (Å²) in [7, 11) is 0. The Morgan fingerprint density at radius 3 is 2.41 bits per heavy atom. The third-order valence-electron chi connectivity index (χ3n) is 2.96. The molecule has 1 N–H and O–H groups in total. The van der Waals surface area contributed by atoms with E-state index < -0.39 is 0 Å². The van der Waals surface area contributed by atoms with Gasteiger partial charge in [-0.15, -0.1) is 0 Å². The van der Waals surface area contributed by atoms with E-state index in [1.54, 1.807) is 0 Å². The number of ether oxygens (including phenoxy) is 1. The van der Waals surface area contributed by atoms with Crippen molar-refractivity contribution >= 4 is 0 Å². The van der Waals surface area contributed by atoms with Gasteiger partial charge in [-0.25, -0.2) is 0 Å². The van der Waals surface area contributed by atoms with Gasteiger partial charge in [-0.3, -0.25) is 0 Å². The number of unbranched alkanes of at least 4 members (excludes halogenated alkanes) is 2. The van der Waals surface area contributed by atoms with E-state index in [0.717, 1.165) is 32.8 Å². The SMILES string of the molecule is CCCNCCCCCN(CC)CCOCC. The Hall–Kier alpha value is -0.120. The number of hydrogen-bond donors (Lipinski definition) is 1. The Morgan fingerprint density at radius 1 is 0.941 bits per heavy atom. The zero-order valence-corrected chi connectivity index (χ0v) is 12.1. The van der Waals surface area contributed by atoms with Crippen molar-refractivity contribution in [2.75, 3.05) is 45.9 Å². The minimum Gasteiger partial charge on any atom is -0.380 e. The van der Waals surface area contributed by atoms with Gasteiger partial charge in [-0.2, -0.15) is 0 Å². The molecule has 0 unspecified atom stereocenters. The molecule has 0 aromatic carbocycles. The molecule has 0 bridgehead atoms. The molecule has 0 amide bonds. The van der Waals surface area contributed by atoms with Crippen molar-refractivity contribution in [3.05, 3.63) is 0 Å². The van der Waals surface area contributed by atoms with E-state index in [9.17, 15) is 0 Å². The average molecular weight is 244 g/mol. The molecule has 0 aliphatic heterocycles. The van der Waals surface area contributed by atoms with Gasteiger partial charge in [-0.05, 0) is 52.4 Å². The number of rotatable bonds is 13. The predicted octanol–water partition coefficient (Wildman–Crippen LogP) is 2.51. The van der Waals surface area contributed by atoms with Crippen LogP contribution in [-0.4, -0.2) is 50.8 Å². The van der Waals surface area contributed by atoms with Crippen LogP contribution in [-0.2, 0) is 4.74 Å². The summed E-state index contributed by atoms with van der Waals surface area (Å²) in [4.78, 5) is 2.48. The highest BCUT2D eigenvalue weighted by Crippen LogP contribution is 1.98. The maximum atomic E-state index is 5.39. The molecule has 0 radical (unpaired) electrons.